The zero-order chi connectivity index (χ0) is 32.5. The smallest absolute Gasteiger partial charge is 0.410 e. The van der Waals surface area contributed by atoms with Gasteiger partial charge >= 0.3 is 12.2 Å². The first-order valence-corrected chi connectivity index (χ1v) is 15.3. The van der Waals surface area contributed by atoms with Crippen molar-refractivity contribution in [1.29, 1.82) is 0 Å². The van der Waals surface area contributed by atoms with Crippen LogP contribution in [0, 0.1) is 0 Å². The molecule has 2 aliphatic rings. The van der Waals surface area contributed by atoms with Gasteiger partial charge < -0.3 is 24.5 Å². The van der Waals surface area contributed by atoms with E-state index in [9.17, 15) is 19.2 Å². The number of benzene rings is 2. The second-order valence-electron chi connectivity index (χ2n) is 13.4. The number of carbonyl (C=O) groups excluding carboxylic acids is 4. The number of anilines is 2. The number of oxazole rings is 1. The van der Waals surface area contributed by atoms with Gasteiger partial charge in [0.25, 0.3) is 0 Å². The SMILES string of the molecule is CC(C)(C)OC(=O)N1CCCC1C(=O)Nc1ccc2oc(-c3ccc(NC(=O)[C@@H]4CCCN4C(=O)OC(C)(C)C)cc3)nc2c1. The minimum absolute atomic E-state index is 0.269. The number of hydrogen-bond acceptors (Lipinski definition) is 8. The van der Waals surface area contributed by atoms with E-state index < -0.39 is 35.5 Å². The fourth-order valence-electron chi connectivity index (χ4n) is 5.43. The highest BCUT2D eigenvalue weighted by atomic mass is 16.6. The molecule has 2 saturated heterocycles. The molecular formula is C33H41N5O7. The van der Waals surface area contributed by atoms with Gasteiger partial charge in [-0.1, -0.05) is 0 Å². The predicted octanol–water partition coefficient (Wildman–Crippen LogP) is 6.17. The molecule has 2 atom stereocenters. The lowest BCUT2D eigenvalue weighted by atomic mass is 10.1. The van der Waals surface area contributed by atoms with Gasteiger partial charge in [-0.05, 0) is 110 Å². The summed E-state index contributed by atoms with van der Waals surface area (Å²) in [5.74, 6) is -0.176. The van der Waals surface area contributed by atoms with Gasteiger partial charge in [-0.3, -0.25) is 19.4 Å². The predicted molar refractivity (Wildman–Crippen MR) is 169 cm³/mol. The number of nitrogens with one attached hydrogen (secondary N) is 2. The Bertz CT molecular complexity index is 1590. The molecule has 0 saturated carbocycles. The number of amides is 4. The highest BCUT2D eigenvalue weighted by Crippen LogP contribution is 2.29. The average molecular weight is 620 g/mol. The molecule has 45 heavy (non-hydrogen) atoms. The standard InChI is InChI=1S/C33H41N5O7/c1-32(2,3)44-30(41)37-17-7-9-24(37)27(39)34-21-13-11-20(12-14-21)29-36-23-19-22(15-16-26(23)43-29)35-28(40)25-10-8-18-38(25)31(42)45-33(4,5)6/h11-16,19,24-25H,7-10,17-18H2,1-6H3,(H,34,39)(H,35,40)/t24-,25?/m0/s1. The monoisotopic (exact) mass is 619 g/mol. The van der Waals surface area contributed by atoms with Crippen LogP contribution < -0.4 is 10.6 Å². The normalized spacial score (nSPS) is 18.6. The van der Waals surface area contributed by atoms with Gasteiger partial charge in [-0.2, -0.15) is 0 Å². The van der Waals surface area contributed by atoms with Crippen LogP contribution in [0.2, 0.25) is 0 Å². The molecule has 12 heteroatoms. The van der Waals surface area contributed by atoms with Crippen LogP contribution in [0.3, 0.4) is 0 Å². The Balaban J connectivity index is 1.22. The molecule has 2 aromatic carbocycles. The van der Waals surface area contributed by atoms with Gasteiger partial charge in [-0.15, -0.1) is 0 Å². The van der Waals surface area contributed by atoms with Crippen molar-refractivity contribution in [2.45, 2.75) is 90.5 Å². The average Bonchev–Trinajstić information content (AvgIpc) is 3.71. The molecule has 1 aromatic heterocycles. The Morgan fingerprint density at radius 1 is 0.756 bits per heavy atom. The van der Waals surface area contributed by atoms with Crippen molar-refractivity contribution >= 4 is 46.5 Å². The van der Waals surface area contributed by atoms with Crippen molar-refractivity contribution in [2.24, 2.45) is 0 Å². The van der Waals surface area contributed by atoms with Gasteiger partial charge in [0, 0.05) is 30.0 Å². The topological polar surface area (TPSA) is 143 Å². The van der Waals surface area contributed by atoms with E-state index in [-0.39, 0.29) is 11.8 Å². The van der Waals surface area contributed by atoms with E-state index in [0.29, 0.717) is 59.9 Å². The van der Waals surface area contributed by atoms with Gasteiger partial charge in [0.1, 0.15) is 28.8 Å². The Hall–Kier alpha value is -4.61. The molecule has 1 unspecified atom stereocenters. The summed E-state index contributed by atoms with van der Waals surface area (Å²) in [6, 6.07) is 11.0. The zero-order valence-corrected chi connectivity index (χ0v) is 26.6. The van der Waals surface area contributed by atoms with Crippen molar-refractivity contribution in [2.75, 3.05) is 23.7 Å². The molecule has 3 aromatic rings. The second kappa shape index (κ2) is 12.4. The maximum Gasteiger partial charge on any atom is 0.410 e. The van der Waals surface area contributed by atoms with E-state index in [0.717, 1.165) is 12.8 Å². The van der Waals surface area contributed by atoms with Gasteiger partial charge in [0.2, 0.25) is 17.7 Å². The van der Waals surface area contributed by atoms with Crippen molar-refractivity contribution in [3.05, 3.63) is 42.5 Å². The van der Waals surface area contributed by atoms with Gasteiger partial charge in [0.15, 0.2) is 5.58 Å². The molecule has 0 spiro atoms. The van der Waals surface area contributed by atoms with Gasteiger partial charge in [0.05, 0.1) is 0 Å². The molecule has 12 nitrogen and oxygen atoms in total. The van der Waals surface area contributed by atoms with Crippen LogP contribution in [0.4, 0.5) is 21.0 Å². The number of fused-ring (bicyclic) bond motifs is 1. The highest BCUT2D eigenvalue weighted by molar-refractivity contribution is 5.98. The summed E-state index contributed by atoms with van der Waals surface area (Å²) in [4.78, 5) is 58.9. The number of hydrogen-bond donors (Lipinski definition) is 2. The van der Waals surface area contributed by atoms with Crippen molar-refractivity contribution in [3.8, 4) is 11.5 Å². The Morgan fingerprint density at radius 3 is 1.76 bits per heavy atom. The minimum Gasteiger partial charge on any atom is -0.444 e. The van der Waals surface area contributed by atoms with Crippen LogP contribution in [0.15, 0.2) is 46.9 Å². The summed E-state index contributed by atoms with van der Waals surface area (Å²) in [6.07, 6.45) is 1.58. The summed E-state index contributed by atoms with van der Waals surface area (Å²) >= 11 is 0. The molecule has 0 bridgehead atoms. The first-order valence-electron chi connectivity index (χ1n) is 15.3. The van der Waals surface area contributed by atoms with E-state index in [2.05, 4.69) is 15.6 Å². The van der Waals surface area contributed by atoms with Crippen molar-refractivity contribution in [1.82, 2.24) is 14.8 Å². The number of ether oxygens (including phenoxy) is 2. The molecule has 2 fully saturated rings. The minimum atomic E-state index is -0.648. The van der Waals surface area contributed by atoms with E-state index in [1.54, 1.807) is 84.0 Å². The third-order valence-electron chi connectivity index (χ3n) is 7.42. The molecule has 4 amide bonds. The summed E-state index contributed by atoms with van der Waals surface area (Å²) in [7, 11) is 0. The largest absolute Gasteiger partial charge is 0.444 e. The molecule has 3 heterocycles. The summed E-state index contributed by atoms with van der Waals surface area (Å²) in [5.41, 5.74) is 1.62. The molecule has 0 aliphatic carbocycles. The maximum atomic E-state index is 13.1. The second-order valence-corrected chi connectivity index (χ2v) is 13.4. The first kappa shape index (κ1) is 31.8. The maximum absolute atomic E-state index is 13.1. The van der Waals surface area contributed by atoms with E-state index in [1.165, 1.54) is 9.80 Å². The molecule has 2 N–H and O–H groups in total. The van der Waals surface area contributed by atoms with E-state index in [4.69, 9.17) is 13.9 Å². The molecular weight excluding hydrogens is 578 g/mol. The Kier molecular flexibility index (Phi) is 8.77. The van der Waals surface area contributed by atoms with E-state index >= 15 is 0 Å². The third kappa shape index (κ3) is 7.73. The number of rotatable bonds is 5. The number of aromatic nitrogens is 1. The number of nitrogens with zero attached hydrogens (tertiary/aromatic N) is 3. The Morgan fingerprint density at radius 2 is 1.24 bits per heavy atom. The molecule has 2 aliphatic heterocycles. The summed E-state index contributed by atoms with van der Waals surface area (Å²) in [6.45, 7) is 11.7. The van der Waals surface area contributed by atoms with Crippen LogP contribution >= 0.6 is 0 Å². The molecule has 0 radical (unpaired) electrons. The molecule has 5 rings (SSSR count). The van der Waals surface area contributed by atoms with Crippen molar-refractivity contribution < 1.29 is 33.1 Å². The van der Waals surface area contributed by atoms with Crippen LogP contribution in [-0.2, 0) is 19.1 Å². The van der Waals surface area contributed by atoms with E-state index in [1.807, 2.05) is 0 Å². The Labute approximate surface area is 262 Å². The van der Waals surface area contributed by atoms with Crippen LogP contribution in [0.1, 0.15) is 67.2 Å². The lowest BCUT2D eigenvalue weighted by Gasteiger charge is -2.28. The first-order chi connectivity index (χ1) is 21.2. The quantitative estimate of drug-likeness (QED) is 0.345. The van der Waals surface area contributed by atoms with Crippen molar-refractivity contribution in [3.63, 3.8) is 0 Å². The summed E-state index contributed by atoms with van der Waals surface area (Å²) < 4.78 is 16.9. The van der Waals surface area contributed by atoms with Crippen LogP contribution in [0.5, 0.6) is 0 Å². The van der Waals surface area contributed by atoms with Crippen LogP contribution in [-0.4, -0.2) is 75.2 Å². The number of likely N-dealkylation sites (tertiary alicyclic amines) is 2. The summed E-state index contributed by atoms with van der Waals surface area (Å²) in [5, 5.41) is 5.79. The zero-order valence-electron chi connectivity index (χ0n) is 26.6. The third-order valence-corrected chi connectivity index (χ3v) is 7.42. The highest BCUT2D eigenvalue weighted by Gasteiger charge is 2.38. The number of carbonyl (C=O) groups is 4. The molecule has 240 valence electrons. The lowest BCUT2D eigenvalue weighted by Crippen LogP contribution is -2.45. The van der Waals surface area contributed by atoms with Gasteiger partial charge in [-0.25, -0.2) is 14.6 Å². The van der Waals surface area contributed by atoms with Crippen LogP contribution in [0.25, 0.3) is 22.6 Å². The fraction of sp³-hybridized carbons (Fsp3) is 0.485. The fourth-order valence-corrected chi connectivity index (χ4v) is 5.43. The lowest BCUT2D eigenvalue weighted by molar-refractivity contribution is -0.121.